The Bertz CT molecular complexity index is 1400. The second-order valence-corrected chi connectivity index (χ2v) is 9.29. The third kappa shape index (κ3) is 4.64. The minimum Gasteiger partial charge on any atom is -0.366 e. The van der Waals surface area contributed by atoms with E-state index in [1.165, 1.54) is 60.9 Å². The molecule has 3 aromatic rings. The number of sulfonamides is 1. The molecule has 1 aromatic heterocycles. The van der Waals surface area contributed by atoms with Crippen LogP contribution < -0.4 is 10.2 Å². The Balaban J connectivity index is 1.53. The Kier molecular flexibility index (Phi) is 6.26. The lowest BCUT2D eigenvalue weighted by atomic mass is 10.3. The molecule has 0 unspecified atom stereocenters. The second kappa shape index (κ2) is 8.99. The number of nitrogens with one attached hydrogen (secondary N) is 1. The van der Waals surface area contributed by atoms with Crippen molar-refractivity contribution in [2.45, 2.75) is 4.90 Å². The number of aromatic nitrogens is 2. The van der Waals surface area contributed by atoms with E-state index in [0.717, 1.165) is 4.90 Å². The van der Waals surface area contributed by atoms with Gasteiger partial charge in [0.25, 0.3) is 11.8 Å². The number of rotatable bonds is 6. The van der Waals surface area contributed by atoms with Crippen molar-refractivity contribution in [1.29, 1.82) is 0 Å². The van der Waals surface area contributed by atoms with Crippen LogP contribution in [0.1, 0.15) is 0 Å². The highest BCUT2D eigenvalue weighted by Crippen LogP contribution is 2.34. The van der Waals surface area contributed by atoms with Crippen LogP contribution in [-0.4, -0.2) is 30.2 Å². The van der Waals surface area contributed by atoms with Gasteiger partial charge in [-0.15, -0.1) is 0 Å². The SMILES string of the molecule is O=C1C(Cl)=C(Nc2ccc(S(=O)(=O)[N-]c3ncccn3)cc2)C(=O)N1c1ccc(Cl)c(Cl)c1. The molecule has 2 heterocycles. The van der Waals surface area contributed by atoms with E-state index < -0.39 is 21.8 Å². The largest absolute Gasteiger partial charge is 0.366 e. The molecule has 0 bridgehead atoms. The highest BCUT2D eigenvalue weighted by atomic mass is 35.5. The smallest absolute Gasteiger partial charge is 0.283 e. The maximum Gasteiger partial charge on any atom is 0.283 e. The molecule has 168 valence electrons. The average molecular weight is 524 g/mol. The zero-order chi connectivity index (χ0) is 23.8. The fourth-order valence-electron chi connectivity index (χ4n) is 2.82. The molecule has 0 aliphatic carbocycles. The second-order valence-electron chi connectivity index (χ2n) is 6.50. The first-order chi connectivity index (χ1) is 15.7. The molecule has 33 heavy (non-hydrogen) atoms. The van der Waals surface area contributed by atoms with Gasteiger partial charge in [0.15, 0.2) is 0 Å². The standard InChI is InChI=1S/C20H12Cl3N5O4S/c21-14-7-4-12(10-15(14)22)28-18(29)16(23)17(19(28)30)26-11-2-5-13(6-3-11)33(31,32)27-20-24-8-1-9-25-20/h1-10H,(H2,24,25,26,27,29)/p-1. The van der Waals surface area contributed by atoms with Crippen LogP contribution in [0.5, 0.6) is 0 Å². The summed E-state index contributed by atoms with van der Waals surface area (Å²) in [4.78, 5) is 33.7. The minimum atomic E-state index is -4.06. The van der Waals surface area contributed by atoms with E-state index in [1.807, 2.05) is 0 Å². The summed E-state index contributed by atoms with van der Waals surface area (Å²) >= 11 is 18.0. The highest BCUT2D eigenvalue weighted by molar-refractivity contribution is 7.94. The van der Waals surface area contributed by atoms with Crippen molar-refractivity contribution >= 4 is 74.0 Å². The van der Waals surface area contributed by atoms with Crippen LogP contribution in [-0.2, 0) is 19.6 Å². The van der Waals surface area contributed by atoms with Crippen LogP contribution in [0.3, 0.4) is 0 Å². The zero-order valence-electron chi connectivity index (χ0n) is 16.2. The molecule has 0 spiro atoms. The lowest BCUT2D eigenvalue weighted by Gasteiger charge is -2.16. The van der Waals surface area contributed by atoms with Gasteiger partial charge in [0.2, 0.25) is 10.0 Å². The quantitative estimate of drug-likeness (QED) is 0.468. The summed E-state index contributed by atoms with van der Waals surface area (Å²) < 4.78 is 28.4. The molecular weight excluding hydrogens is 513 g/mol. The number of carbonyl (C=O) groups is 2. The third-order valence-corrected chi connectivity index (χ3v) is 6.73. The van der Waals surface area contributed by atoms with Crippen molar-refractivity contribution < 1.29 is 18.0 Å². The van der Waals surface area contributed by atoms with Gasteiger partial charge in [0.05, 0.1) is 20.6 Å². The lowest BCUT2D eigenvalue weighted by molar-refractivity contribution is -0.120. The molecule has 1 aliphatic rings. The van der Waals surface area contributed by atoms with Crippen LogP contribution in [0.15, 0.2) is 76.5 Å². The van der Waals surface area contributed by atoms with Crippen molar-refractivity contribution in [3.05, 3.63) is 86.4 Å². The topological polar surface area (TPSA) is 123 Å². The van der Waals surface area contributed by atoms with Crippen LogP contribution in [0.2, 0.25) is 10.0 Å². The van der Waals surface area contributed by atoms with Crippen molar-refractivity contribution in [1.82, 2.24) is 9.97 Å². The molecule has 0 fully saturated rings. The first-order valence-electron chi connectivity index (χ1n) is 9.03. The molecule has 0 atom stereocenters. The Morgan fingerprint density at radius 2 is 1.55 bits per heavy atom. The maximum atomic E-state index is 12.9. The number of anilines is 2. The molecule has 9 nitrogen and oxygen atoms in total. The Labute approximate surface area is 203 Å². The lowest BCUT2D eigenvalue weighted by Crippen LogP contribution is -2.32. The van der Waals surface area contributed by atoms with Gasteiger partial charge in [-0.2, -0.15) is 0 Å². The van der Waals surface area contributed by atoms with E-state index >= 15 is 0 Å². The highest BCUT2D eigenvalue weighted by Gasteiger charge is 2.39. The van der Waals surface area contributed by atoms with Gasteiger partial charge in [-0.3, -0.25) is 14.3 Å². The van der Waals surface area contributed by atoms with Crippen molar-refractivity contribution in [2.24, 2.45) is 0 Å². The number of amides is 2. The number of hydrogen-bond acceptors (Lipinski definition) is 7. The molecular formula is C20H11Cl3N5O4S-. The zero-order valence-corrected chi connectivity index (χ0v) is 19.3. The van der Waals surface area contributed by atoms with E-state index in [0.29, 0.717) is 5.69 Å². The number of carbonyl (C=O) groups excluding carboxylic acids is 2. The van der Waals surface area contributed by atoms with Gasteiger partial charge in [0.1, 0.15) is 10.7 Å². The van der Waals surface area contributed by atoms with Gasteiger partial charge in [-0.25, -0.2) is 13.3 Å². The van der Waals surface area contributed by atoms with E-state index in [9.17, 15) is 18.0 Å². The van der Waals surface area contributed by atoms with Crippen LogP contribution in [0, 0.1) is 0 Å². The first kappa shape index (κ1) is 23.0. The first-order valence-corrected chi connectivity index (χ1v) is 11.6. The number of halogens is 3. The Morgan fingerprint density at radius 1 is 0.879 bits per heavy atom. The van der Waals surface area contributed by atoms with E-state index in [4.69, 9.17) is 34.8 Å². The molecule has 2 amide bonds. The number of hydrogen-bond donors (Lipinski definition) is 1. The van der Waals surface area contributed by atoms with E-state index in [1.54, 1.807) is 0 Å². The molecule has 0 saturated carbocycles. The summed E-state index contributed by atoms with van der Waals surface area (Å²) in [7, 11) is -4.06. The molecule has 4 rings (SSSR count). The predicted octanol–water partition coefficient (Wildman–Crippen LogP) is 4.61. The fraction of sp³-hybridized carbons (Fsp3) is 0. The summed E-state index contributed by atoms with van der Waals surface area (Å²) in [5.41, 5.74) is 0.335. The van der Waals surface area contributed by atoms with Crippen molar-refractivity contribution in [2.75, 3.05) is 10.2 Å². The predicted molar refractivity (Wildman–Crippen MR) is 124 cm³/mol. The normalized spacial score (nSPS) is 14.1. The molecule has 0 saturated heterocycles. The Hall–Kier alpha value is -3.18. The summed E-state index contributed by atoms with van der Waals surface area (Å²) in [6, 6.07) is 11.1. The molecule has 13 heteroatoms. The monoisotopic (exact) mass is 522 g/mol. The van der Waals surface area contributed by atoms with E-state index in [-0.39, 0.29) is 37.3 Å². The van der Waals surface area contributed by atoms with Crippen LogP contribution >= 0.6 is 34.8 Å². The molecule has 1 N–H and O–H groups in total. The molecule has 1 aliphatic heterocycles. The van der Waals surface area contributed by atoms with Crippen LogP contribution in [0.25, 0.3) is 4.72 Å². The Morgan fingerprint density at radius 3 is 2.18 bits per heavy atom. The minimum absolute atomic E-state index is 0.119. The molecule has 2 aromatic carbocycles. The molecule has 0 radical (unpaired) electrons. The van der Waals surface area contributed by atoms with Crippen LogP contribution in [0.4, 0.5) is 17.3 Å². The summed E-state index contributed by atoms with van der Waals surface area (Å²) in [6.07, 6.45) is 2.74. The summed E-state index contributed by atoms with van der Waals surface area (Å²) in [5.74, 6) is -1.66. The van der Waals surface area contributed by atoms with Gasteiger partial charge < -0.3 is 15.3 Å². The van der Waals surface area contributed by atoms with Crippen molar-refractivity contribution in [3.63, 3.8) is 0 Å². The summed E-state index contributed by atoms with van der Waals surface area (Å²) in [5, 5.41) is 2.84. The average Bonchev–Trinajstić information content (AvgIpc) is 3.00. The van der Waals surface area contributed by atoms with Gasteiger partial charge in [0, 0.05) is 11.6 Å². The maximum absolute atomic E-state index is 12.9. The third-order valence-electron chi connectivity index (χ3n) is 4.36. The fourth-order valence-corrected chi connectivity index (χ4v) is 4.22. The number of imide groups is 1. The number of benzene rings is 2. The van der Waals surface area contributed by atoms with Crippen molar-refractivity contribution in [3.8, 4) is 0 Å². The van der Waals surface area contributed by atoms with Gasteiger partial charge in [-0.1, -0.05) is 40.9 Å². The van der Waals surface area contributed by atoms with Gasteiger partial charge >= 0.3 is 0 Å². The number of nitrogens with zero attached hydrogens (tertiary/aromatic N) is 4. The summed E-state index contributed by atoms with van der Waals surface area (Å²) in [6.45, 7) is 0. The van der Waals surface area contributed by atoms with E-state index in [2.05, 4.69) is 20.0 Å². The van der Waals surface area contributed by atoms with Gasteiger partial charge in [-0.05, 0) is 54.9 Å².